The number of methoxy groups -OCH3 is 5. The Morgan fingerprint density at radius 2 is 1.30 bits per heavy atom. The lowest BCUT2D eigenvalue weighted by molar-refractivity contribution is -0.153. The molecular formula is C30H35NO9. The van der Waals surface area contributed by atoms with Crippen molar-refractivity contribution in [2.24, 2.45) is 5.92 Å². The van der Waals surface area contributed by atoms with Gasteiger partial charge < -0.3 is 33.5 Å². The van der Waals surface area contributed by atoms with Crippen molar-refractivity contribution >= 4 is 11.8 Å². The van der Waals surface area contributed by atoms with Crippen molar-refractivity contribution in [3.05, 3.63) is 65.5 Å². The Hall–Kier alpha value is -4.47. The smallest absolute Gasteiger partial charge is 0.309 e. The maximum atomic E-state index is 13.3. The maximum absolute atomic E-state index is 13.3. The summed E-state index contributed by atoms with van der Waals surface area (Å²) in [6, 6.07) is 12.2. The Morgan fingerprint density at radius 1 is 0.775 bits per heavy atom. The molecule has 0 aliphatic rings. The van der Waals surface area contributed by atoms with E-state index < -0.39 is 29.7 Å². The number of aromatic hydroxyl groups is 1. The summed E-state index contributed by atoms with van der Waals surface area (Å²) in [4.78, 5) is 30.1. The molecule has 0 unspecified atom stereocenters. The van der Waals surface area contributed by atoms with Crippen LogP contribution in [0.3, 0.4) is 0 Å². The van der Waals surface area contributed by atoms with Crippen LogP contribution in [0.25, 0.3) is 0 Å². The fourth-order valence-electron chi connectivity index (χ4n) is 4.47. The number of Topliss-reactive ketones (excluding diaryl/α,β-unsaturated/α-hetero) is 1. The van der Waals surface area contributed by atoms with Crippen molar-refractivity contribution in [1.82, 2.24) is 4.98 Å². The number of carbonyl (C=O) groups is 2. The summed E-state index contributed by atoms with van der Waals surface area (Å²) in [5.74, 6) is -0.484. The van der Waals surface area contributed by atoms with Gasteiger partial charge in [0, 0.05) is 29.8 Å². The van der Waals surface area contributed by atoms with Gasteiger partial charge in [0.1, 0.15) is 29.1 Å². The molecule has 0 saturated carbocycles. The highest BCUT2D eigenvalue weighted by Gasteiger charge is 2.33. The standard InChI is InChI=1S/C30H35NO9/c1-17(14-23(32)28-29(33)26(39-7)12-13-31-28)30(34)40-18(2)27(21-15-19(35-3)8-10-24(21)37-5)22-16-20(36-4)9-11-25(22)38-6/h8-13,15-18,27,33H,14H2,1-7H3/t17-,18+/m1/s1. The van der Waals surface area contributed by atoms with Crippen molar-refractivity contribution < 1.29 is 43.1 Å². The van der Waals surface area contributed by atoms with Gasteiger partial charge in [-0.15, -0.1) is 0 Å². The molecule has 0 radical (unpaired) electrons. The number of ketones is 1. The maximum Gasteiger partial charge on any atom is 0.309 e. The fourth-order valence-corrected chi connectivity index (χ4v) is 4.47. The van der Waals surface area contributed by atoms with Crippen molar-refractivity contribution in [1.29, 1.82) is 0 Å². The first-order valence-corrected chi connectivity index (χ1v) is 12.6. The summed E-state index contributed by atoms with van der Waals surface area (Å²) in [6.07, 6.45) is 0.384. The van der Waals surface area contributed by atoms with Crippen molar-refractivity contribution in [3.63, 3.8) is 0 Å². The van der Waals surface area contributed by atoms with Crippen LogP contribution in [0.1, 0.15) is 47.8 Å². The van der Waals surface area contributed by atoms with E-state index in [2.05, 4.69) is 4.98 Å². The highest BCUT2D eigenvalue weighted by atomic mass is 16.5. The number of ether oxygens (including phenoxy) is 6. The van der Waals surface area contributed by atoms with Gasteiger partial charge in [0.05, 0.1) is 47.4 Å². The first-order chi connectivity index (χ1) is 19.2. The van der Waals surface area contributed by atoms with Crippen LogP contribution in [0.5, 0.6) is 34.5 Å². The van der Waals surface area contributed by atoms with Gasteiger partial charge in [-0.2, -0.15) is 0 Å². The van der Waals surface area contributed by atoms with E-state index in [0.717, 1.165) is 0 Å². The molecule has 2 atom stereocenters. The molecule has 0 bridgehead atoms. The van der Waals surface area contributed by atoms with Gasteiger partial charge in [-0.25, -0.2) is 4.98 Å². The lowest BCUT2D eigenvalue weighted by atomic mass is 9.85. The van der Waals surface area contributed by atoms with Gasteiger partial charge >= 0.3 is 5.97 Å². The molecule has 1 N–H and O–H groups in total. The number of carbonyl (C=O) groups excluding carboxylic acids is 2. The first-order valence-electron chi connectivity index (χ1n) is 12.6. The molecular weight excluding hydrogens is 518 g/mol. The number of nitrogens with zero attached hydrogens (tertiary/aromatic N) is 1. The molecule has 40 heavy (non-hydrogen) atoms. The van der Waals surface area contributed by atoms with E-state index in [4.69, 9.17) is 28.4 Å². The molecule has 3 rings (SSSR count). The molecule has 0 fully saturated rings. The van der Waals surface area contributed by atoms with E-state index in [0.29, 0.717) is 34.1 Å². The van der Waals surface area contributed by atoms with E-state index in [9.17, 15) is 14.7 Å². The summed E-state index contributed by atoms with van der Waals surface area (Å²) in [7, 11) is 7.60. The largest absolute Gasteiger partial charge is 0.503 e. The Morgan fingerprint density at radius 3 is 1.77 bits per heavy atom. The Bertz CT molecular complexity index is 1290. The predicted octanol–water partition coefficient (Wildman–Crippen LogP) is 4.80. The number of pyridine rings is 1. The third-order valence-corrected chi connectivity index (χ3v) is 6.58. The lowest BCUT2D eigenvalue weighted by Crippen LogP contribution is -2.28. The van der Waals surface area contributed by atoms with Crippen LogP contribution < -0.4 is 23.7 Å². The number of hydrogen-bond acceptors (Lipinski definition) is 10. The van der Waals surface area contributed by atoms with Crippen molar-refractivity contribution in [2.45, 2.75) is 32.3 Å². The summed E-state index contributed by atoms with van der Waals surface area (Å²) >= 11 is 0. The molecule has 10 heteroatoms. The van der Waals surface area contributed by atoms with E-state index in [1.54, 1.807) is 66.6 Å². The first kappa shape index (κ1) is 30.1. The second kappa shape index (κ2) is 13.5. The molecule has 214 valence electrons. The van der Waals surface area contributed by atoms with Crippen LogP contribution in [-0.4, -0.2) is 63.5 Å². The monoisotopic (exact) mass is 553 g/mol. The normalized spacial score (nSPS) is 12.3. The zero-order valence-corrected chi connectivity index (χ0v) is 23.7. The number of esters is 1. The van der Waals surface area contributed by atoms with Crippen molar-refractivity contribution in [2.75, 3.05) is 35.5 Å². The molecule has 2 aromatic carbocycles. The predicted molar refractivity (Wildman–Crippen MR) is 147 cm³/mol. The van der Waals surface area contributed by atoms with Gasteiger partial charge in [0.15, 0.2) is 23.0 Å². The molecule has 1 heterocycles. The van der Waals surface area contributed by atoms with E-state index in [1.165, 1.54) is 19.4 Å². The number of hydrogen-bond donors (Lipinski definition) is 1. The zero-order valence-electron chi connectivity index (χ0n) is 23.7. The number of aromatic nitrogens is 1. The molecule has 1 aromatic heterocycles. The minimum absolute atomic E-state index is 0.115. The van der Waals surface area contributed by atoms with Gasteiger partial charge in [-0.1, -0.05) is 6.92 Å². The van der Waals surface area contributed by atoms with Crippen LogP contribution >= 0.6 is 0 Å². The van der Waals surface area contributed by atoms with Gasteiger partial charge in [0.2, 0.25) is 0 Å². The van der Waals surface area contributed by atoms with Crippen LogP contribution in [0.2, 0.25) is 0 Å². The SMILES string of the molecule is COc1ccc(OC)c(C(c2cc(OC)ccc2OC)[C@H](C)OC(=O)[C@H](C)CC(=O)c2nccc(OC)c2O)c1. The summed E-state index contributed by atoms with van der Waals surface area (Å²) in [6.45, 7) is 3.34. The molecule has 0 amide bonds. The quantitative estimate of drug-likeness (QED) is 0.233. The second-order valence-electron chi connectivity index (χ2n) is 9.07. The van der Waals surface area contributed by atoms with Crippen molar-refractivity contribution in [3.8, 4) is 34.5 Å². The molecule has 0 aliphatic heterocycles. The van der Waals surface area contributed by atoms with E-state index >= 15 is 0 Å². The summed E-state index contributed by atoms with van der Waals surface area (Å²) in [5, 5.41) is 10.3. The number of rotatable bonds is 13. The highest BCUT2D eigenvalue weighted by molar-refractivity contribution is 5.99. The van der Waals surface area contributed by atoms with Crippen LogP contribution in [-0.2, 0) is 9.53 Å². The van der Waals surface area contributed by atoms with Gasteiger partial charge in [-0.05, 0) is 43.3 Å². The molecule has 0 spiro atoms. The molecule has 3 aromatic rings. The summed E-state index contributed by atoms with van der Waals surface area (Å²) < 4.78 is 33.2. The van der Waals surface area contributed by atoms with Gasteiger partial charge in [0.25, 0.3) is 0 Å². The topological polar surface area (TPSA) is 123 Å². The van der Waals surface area contributed by atoms with Gasteiger partial charge in [-0.3, -0.25) is 9.59 Å². The highest BCUT2D eigenvalue weighted by Crippen LogP contribution is 2.43. The minimum atomic E-state index is -0.831. The van der Waals surface area contributed by atoms with E-state index in [1.807, 2.05) is 12.1 Å². The second-order valence-corrected chi connectivity index (χ2v) is 9.07. The average Bonchev–Trinajstić information content (AvgIpc) is 2.96. The fraction of sp³-hybridized carbons (Fsp3) is 0.367. The van der Waals surface area contributed by atoms with Crippen LogP contribution in [0, 0.1) is 5.92 Å². The molecule has 10 nitrogen and oxygen atoms in total. The van der Waals surface area contributed by atoms with Crippen LogP contribution in [0.4, 0.5) is 0 Å². The average molecular weight is 554 g/mol. The Balaban J connectivity index is 1.95. The zero-order chi connectivity index (χ0) is 29.4. The third kappa shape index (κ3) is 6.56. The number of benzene rings is 2. The minimum Gasteiger partial charge on any atom is -0.503 e. The molecule has 0 saturated heterocycles. The Labute approximate surface area is 233 Å². The van der Waals surface area contributed by atoms with E-state index in [-0.39, 0.29) is 23.6 Å². The lowest BCUT2D eigenvalue weighted by Gasteiger charge is -2.29. The summed E-state index contributed by atoms with van der Waals surface area (Å²) in [5.41, 5.74) is 1.22. The van der Waals surface area contributed by atoms with Crippen LogP contribution in [0.15, 0.2) is 48.7 Å². The third-order valence-electron chi connectivity index (χ3n) is 6.58. The Kier molecular flexibility index (Phi) is 10.2. The molecule has 0 aliphatic carbocycles.